The summed E-state index contributed by atoms with van der Waals surface area (Å²) in [6.45, 7) is 8.25. The van der Waals surface area contributed by atoms with Gasteiger partial charge in [0.05, 0.1) is 0 Å². The van der Waals surface area contributed by atoms with Crippen LogP contribution < -0.4 is 16.0 Å². The summed E-state index contributed by atoms with van der Waals surface area (Å²) < 4.78 is 0. The van der Waals surface area contributed by atoms with Crippen LogP contribution in [0.3, 0.4) is 0 Å². The Morgan fingerprint density at radius 1 is 1.20 bits per heavy atom. The first kappa shape index (κ1) is 16.0. The highest BCUT2D eigenvalue weighted by Crippen LogP contribution is 2.13. The molecular formula is C15H23N3O2. The fourth-order valence-electron chi connectivity index (χ4n) is 1.65. The molecule has 0 aliphatic carbocycles. The monoisotopic (exact) mass is 277 g/mol. The van der Waals surface area contributed by atoms with Crippen molar-refractivity contribution in [1.82, 2.24) is 10.6 Å². The van der Waals surface area contributed by atoms with Crippen LogP contribution in [-0.2, 0) is 4.79 Å². The van der Waals surface area contributed by atoms with Crippen molar-refractivity contribution in [3.63, 3.8) is 0 Å². The van der Waals surface area contributed by atoms with E-state index in [0.29, 0.717) is 12.2 Å². The average Bonchev–Trinajstić information content (AvgIpc) is 2.40. The van der Waals surface area contributed by atoms with Crippen LogP contribution in [0.2, 0.25) is 0 Å². The van der Waals surface area contributed by atoms with Gasteiger partial charge in [-0.2, -0.15) is 0 Å². The summed E-state index contributed by atoms with van der Waals surface area (Å²) in [4.78, 5) is 23.4. The molecule has 0 aromatic heterocycles. The molecule has 0 heterocycles. The smallest absolute Gasteiger partial charge is 0.319 e. The predicted octanol–water partition coefficient (Wildman–Crippen LogP) is 2.34. The van der Waals surface area contributed by atoms with Gasteiger partial charge in [0.1, 0.15) is 6.04 Å². The second kappa shape index (κ2) is 7.53. The molecule has 0 aliphatic rings. The van der Waals surface area contributed by atoms with Crippen molar-refractivity contribution in [1.29, 1.82) is 0 Å². The van der Waals surface area contributed by atoms with E-state index in [1.807, 2.05) is 39.0 Å². The van der Waals surface area contributed by atoms with E-state index in [1.54, 1.807) is 6.92 Å². The number of urea groups is 1. The summed E-state index contributed by atoms with van der Waals surface area (Å²) in [6.07, 6.45) is 0.868. The van der Waals surface area contributed by atoms with E-state index in [9.17, 15) is 9.59 Å². The van der Waals surface area contributed by atoms with Gasteiger partial charge >= 0.3 is 6.03 Å². The van der Waals surface area contributed by atoms with E-state index in [-0.39, 0.29) is 11.9 Å². The SMILES string of the molecule is CCCNC(=O)[C@@H](C)NC(=O)Nc1ccc(C)c(C)c1. The number of rotatable bonds is 5. The Morgan fingerprint density at radius 3 is 2.50 bits per heavy atom. The molecule has 1 rings (SSSR count). The van der Waals surface area contributed by atoms with Crippen molar-refractivity contribution in [3.8, 4) is 0 Å². The van der Waals surface area contributed by atoms with Crippen LogP contribution in [0.4, 0.5) is 10.5 Å². The van der Waals surface area contributed by atoms with Crippen LogP contribution in [0.15, 0.2) is 18.2 Å². The molecule has 0 spiro atoms. The Labute approximate surface area is 120 Å². The van der Waals surface area contributed by atoms with Crippen LogP contribution >= 0.6 is 0 Å². The summed E-state index contributed by atoms with van der Waals surface area (Å²) >= 11 is 0. The second-order valence-electron chi connectivity index (χ2n) is 4.91. The number of aryl methyl sites for hydroxylation is 2. The third-order valence-corrected chi connectivity index (χ3v) is 3.05. The Balaban J connectivity index is 2.50. The maximum Gasteiger partial charge on any atom is 0.319 e. The first-order valence-electron chi connectivity index (χ1n) is 6.86. The van der Waals surface area contributed by atoms with Gasteiger partial charge in [-0.25, -0.2) is 4.79 Å². The summed E-state index contributed by atoms with van der Waals surface area (Å²) in [5.41, 5.74) is 2.99. The topological polar surface area (TPSA) is 70.2 Å². The van der Waals surface area contributed by atoms with Crippen molar-refractivity contribution in [2.24, 2.45) is 0 Å². The molecule has 5 heteroatoms. The molecule has 0 unspecified atom stereocenters. The average molecular weight is 277 g/mol. The Bertz CT molecular complexity index is 486. The second-order valence-corrected chi connectivity index (χ2v) is 4.91. The van der Waals surface area contributed by atoms with Gasteiger partial charge in [0.15, 0.2) is 0 Å². The lowest BCUT2D eigenvalue weighted by Crippen LogP contribution is -2.46. The van der Waals surface area contributed by atoms with Crippen molar-refractivity contribution in [3.05, 3.63) is 29.3 Å². The van der Waals surface area contributed by atoms with E-state index < -0.39 is 6.04 Å². The van der Waals surface area contributed by atoms with E-state index in [2.05, 4.69) is 16.0 Å². The lowest BCUT2D eigenvalue weighted by atomic mass is 10.1. The molecule has 0 saturated heterocycles. The number of nitrogens with one attached hydrogen (secondary N) is 3. The van der Waals surface area contributed by atoms with Crippen LogP contribution in [0.25, 0.3) is 0 Å². The summed E-state index contributed by atoms with van der Waals surface area (Å²) in [5, 5.41) is 8.07. The molecule has 0 radical (unpaired) electrons. The van der Waals surface area contributed by atoms with Crippen LogP contribution in [0.1, 0.15) is 31.4 Å². The van der Waals surface area contributed by atoms with Crippen molar-refractivity contribution in [2.45, 2.75) is 40.2 Å². The molecule has 0 aliphatic heterocycles. The highest BCUT2D eigenvalue weighted by atomic mass is 16.2. The molecule has 1 aromatic carbocycles. The predicted molar refractivity (Wildman–Crippen MR) is 80.8 cm³/mol. The molecule has 110 valence electrons. The van der Waals surface area contributed by atoms with Gasteiger partial charge in [0.2, 0.25) is 5.91 Å². The van der Waals surface area contributed by atoms with Gasteiger partial charge in [-0.15, -0.1) is 0 Å². The molecule has 1 atom stereocenters. The third-order valence-electron chi connectivity index (χ3n) is 3.05. The first-order chi connectivity index (χ1) is 9.43. The van der Waals surface area contributed by atoms with Crippen LogP contribution in [0.5, 0.6) is 0 Å². The van der Waals surface area contributed by atoms with Gasteiger partial charge in [0.25, 0.3) is 0 Å². The largest absolute Gasteiger partial charge is 0.354 e. The lowest BCUT2D eigenvalue weighted by molar-refractivity contribution is -0.122. The summed E-state index contributed by atoms with van der Waals surface area (Å²) in [7, 11) is 0. The molecular weight excluding hydrogens is 254 g/mol. The lowest BCUT2D eigenvalue weighted by Gasteiger charge is -2.15. The third kappa shape index (κ3) is 4.91. The van der Waals surface area contributed by atoms with Gasteiger partial charge in [-0.1, -0.05) is 13.0 Å². The zero-order valence-corrected chi connectivity index (χ0v) is 12.5. The molecule has 5 nitrogen and oxygen atoms in total. The number of hydrogen-bond donors (Lipinski definition) is 3. The molecule has 20 heavy (non-hydrogen) atoms. The maximum atomic E-state index is 11.8. The fraction of sp³-hybridized carbons (Fsp3) is 0.467. The molecule has 3 amide bonds. The summed E-state index contributed by atoms with van der Waals surface area (Å²) in [6, 6.07) is 4.74. The highest BCUT2D eigenvalue weighted by Gasteiger charge is 2.14. The van der Waals surface area contributed by atoms with Gasteiger partial charge < -0.3 is 16.0 Å². The number of amides is 3. The number of carbonyl (C=O) groups is 2. The van der Waals surface area contributed by atoms with E-state index in [1.165, 1.54) is 5.56 Å². The Morgan fingerprint density at radius 2 is 1.90 bits per heavy atom. The Kier molecular flexibility index (Phi) is 6.03. The van der Waals surface area contributed by atoms with Gasteiger partial charge in [-0.05, 0) is 50.5 Å². The minimum atomic E-state index is -0.562. The van der Waals surface area contributed by atoms with Crippen molar-refractivity contribution < 1.29 is 9.59 Å². The molecule has 0 fully saturated rings. The first-order valence-corrected chi connectivity index (χ1v) is 6.86. The van der Waals surface area contributed by atoms with Crippen molar-refractivity contribution >= 4 is 17.6 Å². The number of hydrogen-bond acceptors (Lipinski definition) is 2. The molecule has 3 N–H and O–H groups in total. The van der Waals surface area contributed by atoms with E-state index in [0.717, 1.165) is 12.0 Å². The minimum Gasteiger partial charge on any atom is -0.354 e. The molecule has 0 saturated carbocycles. The summed E-state index contributed by atoms with van der Waals surface area (Å²) in [5.74, 6) is -0.179. The van der Waals surface area contributed by atoms with E-state index in [4.69, 9.17) is 0 Å². The quantitative estimate of drug-likeness (QED) is 0.773. The van der Waals surface area contributed by atoms with Crippen molar-refractivity contribution in [2.75, 3.05) is 11.9 Å². The normalized spacial score (nSPS) is 11.6. The standard InChI is InChI=1S/C15H23N3O2/c1-5-8-16-14(19)12(4)17-15(20)18-13-7-6-10(2)11(3)9-13/h6-7,9,12H,5,8H2,1-4H3,(H,16,19)(H2,17,18,20)/t12-/m1/s1. The van der Waals surface area contributed by atoms with Gasteiger partial charge in [-0.3, -0.25) is 4.79 Å². The number of benzene rings is 1. The Hall–Kier alpha value is -2.04. The number of carbonyl (C=O) groups excluding carboxylic acids is 2. The van der Waals surface area contributed by atoms with Gasteiger partial charge in [0, 0.05) is 12.2 Å². The van der Waals surface area contributed by atoms with Crippen LogP contribution in [-0.4, -0.2) is 24.5 Å². The fourth-order valence-corrected chi connectivity index (χ4v) is 1.65. The minimum absolute atomic E-state index is 0.179. The van der Waals surface area contributed by atoms with Crippen LogP contribution in [0, 0.1) is 13.8 Å². The highest BCUT2D eigenvalue weighted by molar-refractivity contribution is 5.93. The zero-order chi connectivity index (χ0) is 15.1. The van der Waals surface area contributed by atoms with E-state index >= 15 is 0 Å². The molecule has 1 aromatic rings. The molecule has 0 bridgehead atoms. The maximum absolute atomic E-state index is 11.8. The zero-order valence-electron chi connectivity index (χ0n) is 12.5. The number of anilines is 1.